The molecule has 34 heteroatoms. The predicted molar refractivity (Wildman–Crippen MR) is 550 cm³/mol. The molecule has 0 saturated carbocycles. The number of pyridine rings is 4. The molecule has 4 saturated heterocycles. The molecular formula is C105H123Cl3F2N22O7. The third-order valence-corrected chi connectivity index (χ3v) is 26.9. The first-order chi connectivity index (χ1) is 66.2. The zero-order valence-corrected chi connectivity index (χ0v) is 85.1. The van der Waals surface area contributed by atoms with Crippen LogP contribution in [0.2, 0.25) is 15.1 Å². The van der Waals surface area contributed by atoms with E-state index in [1.54, 1.807) is 74.0 Å². The molecule has 3 amide bonds. The summed E-state index contributed by atoms with van der Waals surface area (Å²) in [6, 6.07) is 26.8. The lowest BCUT2D eigenvalue weighted by atomic mass is 10.0. The molecule has 13 heterocycles. The van der Waals surface area contributed by atoms with Gasteiger partial charge in [0.05, 0.1) is 107 Å². The number of aromatic nitrogens is 14. The Morgan fingerprint density at radius 2 is 0.791 bits per heavy atom. The first kappa shape index (κ1) is 102. The van der Waals surface area contributed by atoms with Gasteiger partial charge in [0, 0.05) is 124 Å². The lowest BCUT2D eigenvalue weighted by Crippen LogP contribution is -2.58. The monoisotopic (exact) mass is 1950 g/mol. The van der Waals surface area contributed by atoms with Crippen LogP contribution in [0.1, 0.15) is 193 Å². The van der Waals surface area contributed by atoms with E-state index in [0.717, 1.165) is 35.3 Å². The smallest absolute Gasteiger partial charge is 0.355 e. The van der Waals surface area contributed by atoms with Gasteiger partial charge in [0.1, 0.15) is 34.9 Å². The minimum Gasteiger partial charge on any atom is -0.378 e. The number of benzene rings is 3. The van der Waals surface area contributed by atoms with Crippen LogP contribution in [0.25, 0.3) is 83.9 Å². The first-order valence-electron chi connectivity index (χ1n) is 47.5. The summed E-state index contributed by atoms with van der Waals surface area (Å²) in [4.78, 5) is 150. The van der Waals surface area contributed by atoms with Gasteiger partial charge in [0.25, 0.3) is 0 Å². The van der Waals surface area contributed by atoms with Crippen molar-refractivity contribution >= 4 is 109 Å². The van der Waals surface area contributed by atoms with Crippen LogP contribution in [0.3, 0.4) is 0 Å². The fraction of sp³-hybridized carbons (Fsp3) is 0.419. The average molecular weight is 1950 g/mol. The molecule has 4 aliphatic heterocycles. The van der Waals surface area contributed by atoms with Gasteiger partial charge >= 0.3 is 17.1 Å². The van der Waals surface area contributed by atoms with E-state index in [-0.39, 0.29) is 127 Å². The van der Waals surface area contributed by atoms with Gasteiger partial charge in [-0.3, -0.25) is 19.4 Å². The maximum atomic E-state index is 15.3. The number of morpholine rings is 1. The van der Waals surface area contributed by atoms with Crippen molar-refractivity contribution in [3.8, 4) is 50.8 Å². The number of anilines is 4. The number of carbonyl (C=O) groups excluding carboxylic acids is 3. The molecule has 0 N–H and O–H groups in total. The first-order valence-corrected chi connectivity index (χ1v) is 48.7. The number of ether oxygens (including phenoxy) is 1. The summed E-state index contributed by atoms with van der Waals surface area (Å²) in [5, 5.41) is 2.59. The van der Waals surface area contributed by atoms with E-state index in [9.17, 15) is 28.8 Å². The second kappa shape index (κ2) is 43.0. The van der Waals surface area contributed by atoms with E-state index in [0.29, 0.717) is 174 Å². The van der Waals surface area contributed by atoms with Crippen LogP contribution >= 0.6 is 34.8 Å². The van der Waals surface area contributed by atoms with Crippen LogP contribution in [0.5, 0.6) is 0 Å². The number of amides is 3. The molecule has 0 bridgehead atoms. The highest BCUT2D eigenvalue weighted by Gasteiger charge is 2.40. The number of nitrogens with zero attached hydrogens (tertiary/aromatic N) is 22. The standard InChI is InChI=1S/C36H42ClFN8O3.C36H44ClFN8O2.C33H37ClN6O2/c1-8-28(47)44-18-23(7)45(19-22(44)6)33-25-17-26(37)31(24-11-9-10-12-27(24)38)39-34(25)46(36(48)42-33)32-29(20(2)3)40-35(41-30(32)21(4)5)43-13-15-49-16-14-43;1-10-29(47)44-18-23(7)45(19-22(44)6)34-25-17-26(37)32(24-13-11-12-14-27(24)38)41-35(25)46(36(48)42-34)33-30(20(2)3)39-28(15-16-43(8)9)40-31(33)21(4)5;1-8-23-12-10-11-13-24(23)29-26(34)16-25-31(39-18-21(6)38(17-22(39)7)27(41)9-2)37-33(42)40(32(25)36-29)30-20(5)14-15-35-28(30)19(3)4/h8-12,17,20-23H,1,13-16,18-19H2,2-7H3;10-14,17,20-23H,1,15-16,18-19H2,2-9H3;9-16,19,21-22H,2,8,17-18H2,1,3-7H3. The Labute approximate surface area is 824 Å². The maximum absolute atomic E-state index is 15.3. The fourth-order valence-electron chi connectivity index (χ4n) is 18.8. The van der Waals surface area contributed by atoms with Crippen molar-refractivity contribution in [2.24, 2.45) is 0 Å². The molecule has 9 aromatic heterocycles. The Bertz CT molecular complexity index is 6880. The highest BCUT2D eigenvalue weighted by Crippen LogP contribution is 2.44. The number of piperazine rings is 3. The molecular weight excluding hydrogens is 1830 g/mol. The number of rotatable bonds is 22. The Kier molecular flexibility index (Phi) is 31.6. The van der Waals surface area contributed by atoms with Crippen LogP contribution in [-0.2, 0) is 32.0 Å². The highest BCUT2D eigenvalue weighted by atomic mass is 35.5. The number of halogens is 5. The van der Waals surface area contributed by atoms with Crippen LogP contribution < -0.4 is 36.7 Å². The summed E-state index contributed by atoms with van der Waals surface area (Å²) in [5.74, 6) is 0.867. The van der Waals surface area contributed by atoms with Gasteiger partial charge in [-0.25, -0.2) is 71.8 Å². The van der Waals surface area contributed by atoms with Crippen molar-refractivity contribution in [1.82, 2.24) is 88.1 Å². The number of hydrogen-bond acceptors (Lipinski definition) is 23. The number of likely N-dealkylation sites (N-methyl/N-ethyl adjacent to an activating group) is 1. The SMILES string of the molecule is C=CC(=O)N1CC(C)N(c2nc(=O)n(-c3c(C(C)C)nc(CCN(C)C)nc3C(C)C)c3nc(-c4ccccc4F)c(Cl)cc23)CC1C.C=CC(=O)N1CC(C)N(c2nc(=O)n(-c3c(C(C)C)nc(N4CCOCC4)nc3C(C)C)c3nc(-c4ccccc4F)c(Cl)cc23)CC1C.C=CC(=O)N1CC(C)N(c2nc(=O)n(-c3c(C)ccnc3C(C)C)c3nc(-c4ccccc4CC)c(Cl)cc23)CC1C. The van der Waals surface area contributed by atoms with E-state index in [1.807, 2.05) is 158 Å². The molecule has 4 aliphatic rings. The Hall–Kier alpha value is -12.7. The minimum atomic E-state index is -0.576. The van der Waals surface area contributed by atoms with Gasteiger partial charge in [-0.1, -0.05) is 179 Å². The van der Waals surface area contributed by atoms with Crippen LogP contribution in [0.15, 0.2) is 156 Å². The Balaban J connectivity index is 0.000000167. The van der Waals surface area contributed by atoms with Gasteiger partial charge in [-0.2, -0.15) is 15.0 Å². The maximum Gasteiger partial charge on any atom is 0.355 e. The average Bonchev–Trinajstić information content (AvgIpc) is 0.735. The molecule has 0 aliphatic carbocycles. The Morgan fingerprint density at radius 3 is 1.14 bits per heavy atom. The van der Waals surface area contributed by atoms with E-state index >= 15 is 8.78 Å². The molecule has 3 aromatic carbocycles. The molecule has 12 aromatic rings. The van der Waals surface area contributed by atoms with Gasteiger partial charge in [-0.05, 0) is 176 Å². The molecule has 0 spiro atoms. The molecule has 6 atom stereocenters. The summed E-state index contributed by atoms with van der Waals surface area (Å²) in [7, 11) is 4.01. The zero-order chi connectivity index (χ0) is 100. The van der Waals surface area contributed by atoms with Crippen LogP contribution in [0, 0.1) is 18.6 Å². The summed E-state index contributed by atoms with van der Waals surface area (Å²) >= 11 is 20.8. The summed E-state index contributed by atoms with van der Waals surface area (Å²) in [6.45, 7) is 53.0. The molecule has 139 heavy (non-hydrogen) atoms. The fourth-order valence-corrected chi connectivity index (χ4v) is 19.5. The van der Waals surface area contributed by atoms with Crippen LogP contribution in [-0.4, -0.2) is 228 Å². The van der Waals surface area contributed by atoms with Crippen molar-refractivity contribution in [1.29, 1.82) is 0 Å². The van der Waals surface area contributed by atoms with Crippen molar-refractivity contribution in [2.45, 2.75) is 203 Å². The summed E-state index contributed by atoms with van der Waals surface area (Å²) < 4.78 is 40.6. The molecule has 16 rings (SSSR count). The normalized spacial score (nSPS) is 17.6. The number of carbonyl (C=O) groups is 3. The largest absolute Gasteiger partial charge is 0.378 e. The molecule has 6 unspecified atom stereocenters. The Morgan fingerprint density at radius 1 is 0.453 bits per heavy atom. The third-order valence-electron chi connectivity index (χ3n) is 26.0. The van der Waals surface area contributed by atoms with Gasteiger partial charge in [0.2, 0.25) is 23.7 Å². The lowest BCUT2D eigenvalue weighted by molar-refractivity contribution is -0.129. The summed E-state index contributed by atoms with van der Waals surface area (Å²) in [6.07, 6.45) is 7.18. The van der Waals surface area contributed by atoms with E-state index in [2.05, 4.69) is 71.2 Å². The van der Waals surface area contributed by atoms with Crippen LogP contribution in [0.4, 0.5) is 32.2 Å². The third kappa shape index (κ3) is 20.7. The quantitative estimate of drug-likeness (QED) is 0.0569. The van der Waals surface area contributed by atoms with E-state index in [4.69, 9.17) is 84.4 Å². The van der Waals surface area contributed by atoms with Crippen molar-refractivity contribution < 1.29 is 27.9 Å². The predicted octanol–water partition coefficient (Wildman–Crippen LogP) is 17.8. The second-order valence-electron chi connectivity index (χ2n) is 38.0. The lowest BCUT2D eigenvalue weighted by Gasteiger charge is -2.44. The number of hydrogen-bond donors (Lipinski definition) is 0. The number of fused-ring (bicyclic) bond motifs is 3. The molecule has 4 fully saturated rings. The second-order valence-corrected chi connectivity index (χ2v) is 39.2. The zero-order valence-electron chi connectivity index (χ0n) is 82.8. The van der Waals surface area contributed by atoms with Gasteiger partial charge < -0.3 is 43.9 Å². The number of aryl methyl sites for hydroxylation is 2. The van der Waals surface area contributed by atoms with Crippen molar-refractivity contribution in [2.75, 3.05) is 106 Å². The molecule has 730 valence electrons. The highest BCUT2D eigenvalue weighted by molar-refractivity contribution is 6.35. The summed E-state index contributed by atoms with van der Waals surface area (Å²) in [5.41, 5.74) is 9.03. The van der Waals surface area contributed by atoms with E-state index < -0.39 is 28.7 Å². The van der Waals surface area contributed by atoms with Crippen molar-refractivity contribution in [3.63, 3.8) is 0 Å². The van der Waals surface area contributed by atoms with E-state index in [1.165, 1.54) is 39.5 Å². The molecule has 29 nitrogen and oxygen atoms in total. The minimum absolute atomic E-state index is 0.0606. The van der Waals surface area contributed by atoms with Gasteiger partial charge in [-0.15, -0.1) is 0 Å². The van der Waals surface area contributed by atoms with Crippen molar-refractivity contribution in [3.05, 3.63) is 245 Å². The topological polar surface area (TPSA) is 294 Å². The van der Waals surface area contributed by atoms with Gasteiger partial charge in [0.15, 0.2) is 16.9 Å². The molecule has 0 radical (unpaired) electrons.